The lowest BCUT2D eigenvalue weighted by atomic mass is 10.0. The van der Waals surface area contributed by atoms with Crippen molar-refractivity contribution in [2.45, 2.75) is 26.2 Å². The van der Waals surface area contributed by atoms with Gasteiger partial charge >= 0.3 is 0 Å². The Morgan fingerprint density at radius 1 is 1.00 bits per heavy atom. The molecule has 4 nitrogen and oxygen atoms in total. The molecule has 0 spiro atoms. The van der Waals surface area contributed by atoms with Crippen molar-refractivity contribution in [1.29, 1.82) is 0 Å². The van der Waals surface area contributed by atoms with Crippen molar-refractivity contribution in [1.82, 2.24) is 15.1 Å². The fourth-order valence-electron chi connectivity index (χ4n) is 3.38. The van der Waals surface area contributed by atoms with E-state index in [1.807, 2.05) is 47.3 Å². The molecule has 2 aromatic heterocycles. The summed E-state index contributed by atoms with van der Waals surface area (Å²) in [6, 6.07) is 22.6. The molecule has 0 fully saturated rings. The summed E-state index contributed by atoms with van der Waals surface area (Å²) in [7, 11) is 0. The van der Waals surface area contributed by atoms with Crippen molar-refractivity contribution in [3.05, 3.63) is 94.3 Å². The van der Waals surface area contributed by atoms with E-state index in [-0.39, 0.29) is 5.91 Å². The second-order valence-electron chi connectivity index (χ2n) is 7.33. The summed E-state index contributed by atoms with van der Waals surface area (Å²) in [6.45, 7) is 2.75. The molecule has 30 heavy (non-hydrogen) atoms. The standard InChI is InChI=1S/C25H25N3OS/c1-19-9-11-20(12-10-19)25-21(18-28(27-25)22-6-3-2-4-7-22)13-14-24(29)26-16-15-23-8-5-17-30-23/h2-12,17-18H,13-16H2,1H3,(H,26,29). The number of hydrogen-bond donors (Lipinski definition) is 1. The van der Waals surface area contributed by atoms with E-state index in [4.69, 9.17) is 5.10 Å². The third-order valence-electron chi connectivity index (χ3n) is 5.03. The molecule has 0 aliphatic rings. The van der Waals surface area contributed by atoms with E-state index in [2.05, 4.69) is 48.0 Å². The van der Waals surface area contributed by atoms with Crippen molar-refractivity contribution >= 4 is 17.2 Å². The molecule has 0 unspecified atom stereocenters. The van der Waals surface area contributed by atoms with Crippen LogP contribution in [0.25, 0.3) is 16.9 Å². The van der Waals surface area contributed by atoms with Gasteiger partial charge in [0.2, 0.25) is 5.91 Å². The molecule has 152 valence electrons. The number of thiophene rings is 1. The van der Waals surface area contributed by atoms with Gasteiger partial charge in [-0.15, -0.1) is 11.3 Å². The Labute approximate surface area is 181 Å². The monoisotopic (exact) mass is 415 g/mol. The molecule has 0 radical (unpaired) electrons. The van der Waals surface area contributed by atoms with E-state index in [0.29, 0.717) is 19.4 Å². The molecule has 4 aromatic rings. The molecule has 0 aliphatic carbocycles. The number of para-hydroxylation sites is 1. The van der Waals surface area contributed by atoms with Crippen molar-refractivity contribution in [2.75, 3.05) is 6.54 Å². The predicted molar refractivity (Wildman–Crippen MR) is 123 cm³/mol. The molecule has 0 saturated heterocycles. The molecule has 0 aliphatic heterocycles. The molecule has 1 N–H and O–H groups in total. The summed E-state index contributed by atoms with van der Waals surface area (Å²) in [5.41, 5.74) is 5.31. The largest absolute Gasteiger partial charge is 0.356 e. The van der Waals surface area contributed by atoms with Crippen LogP contribution in [0.1, 0.15) is 22.4 Å². The number of aryl methyl sites for hydroxylation is 2. The van der Waals surface area contributed by atoms with Gasteiger partial charge in [0.25, 0.3) is 0 Å². The van der Waals surface area contributed by atoms with Crippen LogP contribution in [0, 0.1) is 6.92 Å². The van der Waals surface area contributed by atoms with Gasteiger partial charge in [0, 0.05) is 29.6 Å². The molecule has 4 rings (SSSR count). The zero-order valence-corrected chi connectivity index (χ0v) is 17.9. The lowest BCUT2D eigenvalue weighted by molar-refractivity contribution is -0.121. The number of rotatable bonds is 8. The Hall–Kier alpha value is -3.18. The van der Waals surface area contributed by atoms with Gasteiger partial charge < -0.3 is 5.32 Å². The van der Waals surface area contributed by atoms with Crippen LogP contribution in [0.4, 0.5) is 0 Å². The predicted octanol–water partition coefficient (Wildman–Crippen LogP) is 5.20. The summed E-state index contributed by atoms with van der Waals surface area (Å²) in [6.07, 6.45) is 4.03. The van der Waals surface area contributed by atoms with Crippen LogP contribution in [0.15, 0.2) is 78.3 Å². The Kier molecular flexibility index (Phi) is 6.40. The van der Waals surface area contributed by atoms with Gasteiger partial charge in [-0.1, -0.05) is 54.1 Å². The number of hydrogen-bond acceptors (Lipinski definition) is 3. The zero-order valence-electron chi connectivity index (χ0n) is 17.0. The maximum absolute atomic E-state index is 12.4. The average Bonchev–Trinajstić information content (AvgIpc) is 3.44. The Balaban J connectivity index is 1.47. The number of carbonyl (C=O) groups is 1. The molecular weight excluding hydrogens is 390 g/mol. The molecule has 1 amide bonds. The summed E-state index contributed by atoms with van der Waals surface area (Å²) in [4.78, 5) is 13.7. The average molecular weight is 416 g/mol. The van der Waals surface area contributed by atoms with E-state index >= 15 is 0 Å². The van der Waals surface area contributed by atoms with E-state index in [9.17, 15) is 4.79 Å². The van der Waals surface area contributed by atoms with Gasteiger partial charge in [0.1, 0.15) is 0 Å². The van der Waals surface area contributed by atoms with E-state index < -0.39 is 0 Å². The maximum atomic E-state index is 12.4. The topological polar surface area (TPSA) is 46.9 Å². The first-order valence-electron chi connectivity index (χ1n) is 10.2. The van der Waals surface area contributed by atoms with Crippen molar-refractivity contribution in [2.24, 2.45) is 0 Å². The fourth-order valence-corrected chi connectivity index (χ4v) is 4.09. The Morgan fingerprint density at radius 3 is 2.53 bits per heavy atom. The minimum absolute atomic E-state index is 0.0777. The van der Waals surface area contributed by atoms with Crippen molar-refractivity contribution < 1.29 is 4.79 Å². The second-order valence-corrected chi connectivity index (χ2v) is 8.36. The van der Waals surface area contributed by atoms with Gasteiger partial charge in [0.05, 0.1) is 11.4 Å². The lowest BCUT2D eigenvalue weighted by Crippen LogP contribution is -2.25. The van der Waals surface area contributed by atoms with E-state index in [1.54, 1.807) is 11.3 Å². The maximum Gasteiger partial charge on any atom is 0.220 e. The molecular formula is C25H25N3OS. The van der Waals surface area contributed by atoms with Gasteiger partial charge in [-0.05, 0) is 48.9 Å². The third kappa shape index (κ3) is 5.05. The highest BCUT2D eigenvalue weighted by atomic mass is 32.1. The van der Waals surface area contributed by atoms with Crippen LogP contribution < -0.4 is 5.32 Å². The fraction of sp³-hybridized carbons (Fsp3) is 0.200. The lowest BCUT2D eigenvalue weighted by Gasteiger charge is -2.05. The number of aromatic nitrogens is 2. The Bertz CT molecular complexity index is 1080. The SMILES string of the molecule is Cc1ccc(-c2nn(-c3ccccc3)cc2CCC(=O)NCCc2cccs2)cc1. The third-order valence-corrected chi connectivity index (χ3v) is 5.97. The second kappa shape index (κ2) is 9.55. The molecule has 2 heterocycles. The zero-order chi connectivity index (χ0) is 20.8. The molecule has 5 heteroatoms. The van der Waals surface area contributed by atoms with Crippen LogP contribution >= 0.6 is 11.3 Å². The van der Waals surface area contributed by atoms with Crippen LogP contribution in [-0.2, 0) is 17.6 Å². The van der Waals surface area contributed by atoms with Crippen molar-refractivity contribution in [3.63, 3.8) is 0 Å². The highest BCUT2D eigenvalue weighted by Gasteiger charge is 2.14. The number of nitrogens with one attached hydrogen (secondary N) is 1. The highest BCUT2D eigenvalue weighted by Crippen LogP contribution is 2.25. The minimum atomic E-state index is 0.0777. The number of amides is 1. The quantitative estimate of drug-likeness (QED) is 0.430. The summed E-state index contributed by atoms with van der Waals surface area (Å²) in [5, 5.41) is 9.94. The molecule has 0 atom stereocenters. The van der Waals surface area contributed by atoms with Gasteiger partial charge in [-0.2, -0.15) is 5.10 Å². The summed E-state index contributed by atoms with van der Waals surface area (Å²) < 4.78 is 1.90. The Morgan fingerprint density at radius 2 is 1.80 bits per heavy atom. The normalized spacial score (nSPS) is 10.8. The van der Waals surface area contributed by atoms with Crippen LogP contribution in [0.3, 0.4) is 0 Å². The molecule has 0 saturated carbocycles. The van der Waals surface area contributed by atoms with Gasteiger partial charge in [-0.3, -0.25) is 4.79 Å². The molecule has 0 bridgehead atoms. The minimum Gasteiger partial charge on any atom is -0.356 e. The number of carbonyl (C=O) groups excluding carboxylic acids is 1. The first-order valence-corrected chi connectivity index (χ1v) is 11.1. The summed E-state index contributed by atoms with van der Waals surface area (Å²) in [5.74, 6) is 0.0777. The van der Waals surface area contributed by atoms with E-state index in [0.717, 1.165) is 28.9 Å². The van der Waals surface area contributed by atoms with E-state index in [1.165, 1.54) is 10.4 Å². The van der Waals surface area contributed by atoms with Crippen molar-refractivity contribution in [3.8, 4) is 16.9 Å². The summed E-state index contributed by atoms with van der Waals surface area (Å²) >= 11 is 1.72. The first kappa shape index (κ1) is 20.1. The highest BCUT2D eigenvalue weighted by molar-refractivity contribution is 7.09. The van der Waals surface area contributed by atoms with Crippen LogP contribution in [-0.4, -0.2) is 22.2 Å². The number of benzene rings is 2. The van der Waals surface area contributed by atoms with Crippen LogP contribution in [0.5, 0.6) is 0 Å². The molecule has 2 aromatic carbocycles. The van der Waals surface area contributed by atoms with Gasteiger partial charge in [-0.25, -0.2) is 4.68 Å². The number of nitrogens with zero attached hydrogens (tertiary/aromatic N) is 2. The van der Waals surface area contributed by atoms with Gasteiger partial charge in [0.15, 0.2) is 0 Å². The first-order chi connectivity index (χ1) is 14.7. The van der Waals surface area contributed by atoms with Crippen LogP contribution in [0.2, 0.25) is 0 Å². The smallest absolute Gasteiger partial charge is 0.220 e.